The minimum atomic E-state index is -0.419. The van der Waals surface area contributed by atoms with Crippen molar-refractivity contribution in [1.29, 1.82) is 0 Å². The number of rotatable bonds is 4. The molecule has 1 atom stereocenters. The van der Waals surface area contributed by atoms with E-state index in [9.17, 15) is 4.79 Å². The van der Waals surface area contributed by atoms with Gasteiger partial charge in [0.25, 0.3) is 0 Å². The van der Waals surface area contributed by atoms with Crippen LogP contribution in [-0.2, 0) is 14.3 Å². The first-order valence-corrected chi connectivity index (χ1v) is 6.55. The van der Waals surface area contributed by atoms with E-state index >= 15 is 0 Å². The highest BCUT2D eigenvalue weighted by molar-refractivity contribution is 5.79. The molecule has 4 nitrogen and oxygen atoms in total. The Labute approximate surface area is 109 Å². The van der Waals surface area contributed by atoms with Gasteiger partial charge in [0.15, 0.2) is 0 Å². The molecule has 1 saturated carbocycles. The van der Waals surface area contributed by atoms with Gasteiger partial charge in [0.1, 0.15) is 11.6 Å². The largest absolute Gasteiger partial charge is 0.459 e. The molecule has 2 rings (SSSR count). The molecule has 1 saturated heterocycles. The van der Waals surface area contributed by atoms with Crippen LogP contribution in [0.4, 0.5) is 0 Å². The Balaban J connectivity index is 1.83. The molecule has 1 N–H and O–H groups in total. The Morgan fingerprint density at radius 1 is 1.50 bits per heavy atom. The molecular weight excluding hydrogens is 230 g/mol. The Bertz CT molecular complexity index is 339. The van der Waals surface area contributed by atoms with E-state index in [1.54, 1.807) is 6.08 Å². The summed E-state index contributed by atoms with van der Waals surface area (Å²) in [5.41, 5.74) is -0.341. The van der Waals surface area contributed by atoms with Crippen LogP contribution in [0.15, 0.2) is 12.7 Å². The number of hydrogen-bond acceptors (Lipinski definition) is 4. The molecule has 1 aliphatic carbocycles. The van der Waals surface area contributed by atoms with Crippen molar-refractivity contribution in [1.82, 2.24) is 5.32 Å². The molecule has 4 heteroatoms. The average molecular weight is 253 g/mol. The third kappa shape index (κ3) is 2.59. The predicted molar refractivity (Wildman–Crippen MR) is 69.2 cm³/mol. The van der Waals surface area contributed by atoms with Gasteiger partial charge in [0, 0.05) is 12.0 Å². The summed E-state index contributed by atoms with van der Waals surface area (Å²) in [6.45, 7) is 10.8. The van der Waals surface area contributed by atoms with Gasteiger partial charge in [-0.05, 0) is 33.6 Å². The summed E-state index contributed by atoms with van der Waals surface area (Å²) >= 11 is 0. The van der Waals surface area contributed by atoms with Crippen molar-refractivity contribution in [3.05, 3.63) is 12.7 Å². The van der Waals surface area contributed by atoms with E-state index in [0.29, 0.717) is 6.61 Å². The molecule has 2 fully saturated rings. The molecule has 1 aliphatic heterocycles. The van der Waals surface area contributed by atoms with Crippen LogP contribution >= 0.6 is 0 Å². The lowest BCUT2D eigenvalue weighted by atomic mass is 9.57. The second-order valence-electron chi connectivity index (χ2n) is 6.36. The first kappa shape index (κ1) is 13.6. The molecule has 0 bridgehead atoms. The summed E-state index contributed by atoms with van der Waals surface area (Å²) in [6.07, 6.45) is 3.92. The maximum absolute atomic E-state index is 12.0. The zero-order valence-corrected chi connectivity index (χ0v) is 11.5. The Morgan fingerprint density at radius 2 is 2.17 bits per heavy atom. The number of carbonyl (C=O) groups is 1. The smallest absolute Gasteiger partial charge is 0.324 e. The third-order valence-electron chi connectivity index (χ3n) is 3.63. The van der Waals surface area contributed by atoms with Crippen LogP contribution in [0.25, 0.3) is 0 Å². The van der Waals surface area contributed by atoms with Gasteiger partial charge < -0.3 is 14.8 Å². The SMILES string of the molecule is C=CCOC1CC2(CNC2C(=O)OC(C)(C)C)C1. The fourth-order valence-corrected chi connectivity index (χ4v) is 2.74. The summed E-state index contributed by atoms with van der Waals surface area (Å²) in [6, 6.07) is -0.152. The van der Waals surface area contributed by atoms with Crippen molar-refractivity contribution < 1.29 is 14.3 Å². The second-order valence-corrected chi connectivity index (χ2v) is 6.36. The Kier molecular flexibility index (Phi) is 3.52. The molecule has 0 aromatic rings. The predicted octanol–water partition coefficient (Wildman–Crippen LogP) is 1.65. The lowest BCUT2D eigenvalue weighted by Gasteiger charge is -2.58. The molecular formula is C14H23NO3. The molecule has 1 spiro atoms. The molecule has 0 aromatic heterocycles. The van der Waals surface area contributed by atoms with Gasteiger partial charge in [-0.3, -0.25) is 4.79 Å². The lowest BCUT2D eigenvalue weighted by Crippen LogP contribution is -2.72. The van der Waals surface area contributed by atoms with Crippen LogP contribution < -0.4 is 5.32 Å². The van der Waals surface area contributed by atoms with Crippen molar-refractivity contribution in [3.8, 4) is 0 Å². The van der Waals surface area contributed by atoms with E-state index < -0.39 is 5.60 Å². The number of hydrogen-bond donors (Lipinski definition) is 1. The van der Waals surface area contributed by atoms with Crippen LogP contribution in [0, 0.1) is 5.41 Å². The van der Waals surface area contributed by atoms with E-state index in [1.165, 1.54) is 0 Å². The van der Waals surface area contributed by atoms with Gasteiger partial charge in [-0.2, -0.15) is 0 Å². The van der Waals surface area contributed by atoms with Crippen LogP contribution in [0.3, 0.4) is 0 Å². The molecule has 102 valence electrons. The van der Waals surface area contributed by atoms with E-state index in [4.69, 9.17) is 9.47 Å². The highest BCUT2D eigenvalue weighted by Gasteiger charge is 2.59. The second kappa shape index (κ2) is 4.67. The summed E-state index contributed by atoms with van der Waals surface area (Å²) in [7, 11) is 0. The number of esters is 1. The minimum Gasteiger partial charge on any atom is -0.459 e. The molecule has 1 unspecified atom stereocenters. The maximum Gasteiger partial charge on any atom is 0.324 e. The minimum absolute atomic E-state index is 0.0775. The first-order chi connectivity index (χ1) is 8.36. The quantitative estimate of drug-likeness (QED) is 0.611. The van der Waals surface area contributed by atoms with Gasteiger partial charge in [-0.1, -0.05) is 6.08 Å². The average Bonchev–Trinajstić information content (AvgIpc) is 2.10. The van der Waals surface area contributed by atoms with Crippen LogP contribution in [-0.4, -0.2) is 36.9 Å². The van der Waals surface area contributed by atoms with Gasteiger partial charge in [0.05, 0.1) is 12.7 Å². The van der Waals surface area contributed by atoms with Gasteiger partial charge in [-0.15, -0.1) is 6.58 Å². The molecule has 1 heterocycles. The van der Waals surface area contributed by atoms with Crippen molar-refractivity contribution in [3.63, 3.8) is 0 Å². The Hall–Kier alpha value is -0.870. The fourth-order valence-electron chi connectivity index (χ4n) is 2.74. The van der Waals surface area contributed by atoms with Crippen LogP contribution in [0.5, 0.6) is 0 Å². The number of carbonyl (C=O) groups excluding carboxylic acids is 1. The standard InChI is InChI=1S/C14H23NO3/c1-5-6-17-10-7-14(8-10)9-15-11(14)12(16)18-13(2,3)4/h5,10-11,15H,1,6-9H2,2-4H3. The zero-order valence-electron chi connectivity index (χ0n) is 11.5. The normalized spacial score (nSPS) is 34.6. The molecule has 0 amide bonds. The van der Waals surface area contributed by atoms with Crippen molar-refractivity contribution in [2.75, 3.05) is 13.2 Å². The van der Waals surface area contributed by atoms with Crippen molar-refractivity contribution in [2.45, 2.75) is 51.4 Å². The molecule has 2 aliphatic rings. The summed E-state index contributed by atoms with van der Waals surface area (Å²) < 4.78 is 11.0. The monoisotopic (exact) mass is 253 g/mol. The van der Waals surface area contributed by atoms with Gasteiger partial charge in [0.2, 0.25) is 0 Å². The van der Waals surface area contributed by atoms with E-state index in [-0.39, 0.29) is 23.5 Å². The Morgan fingerprint density at radius 3 is 2.61 bits per heavy atom. The van der Waals surface area contributed by atoms with Gasteiger partial charge in [-0.25, -0.2) is 0 Å². The third-order valence-corrected chi connectivity index (χ3v) is 3.63. The van der Waals surface area contributed by atoms with Crippen molar-refractivity contribution in [2.24, 2.45) is 5.41 Å². The number of ether oxygens (including phenoxy) is 2. The van der Waals surface area contributed by atoms with Crippen LogP contribution in [0.2, 0.25) is 0 Å². The molecule has 0 aromatic carbocycles. The highest BCUT2D eigenvalue weighted by Crippen LogP contribution is 2.50. The topological polar surface area (TPSA) is 47.6 Å². The van der Waals surface area contributed by atoms with E-state index in [2.05, 4.69) is 11.9 Å². The summed E-state index contributed by atoms with van der Waals surface area (Å²) in [5.74, 6) is -0.129. The zero-order chi connectivity index (χ0) is 13.4. The molecule has 18 heavy (non-hydrogen) atoms. The van der Waals surface area contributed by atoms with Crippen LogP contribution in [0.1, 0.15) is 33.6 Å². The first-order valence-electron chi connectivity index (χ1n) is 6.55. The van der Waals surface area contributed by atoms with E-state index in [0.717, 1.165) is 19.4 Å². The summed E-state index contributed by atoms with van der Waals surface area (Å²) in [4.78, 5) is 12.0. The van der Waals surface area contributed by atoms with Crippen molar-refractivity contribution >= 4 is 5.97 Å². The van der Waals surface area contributed by atoms with E-state index in [1.807, 2.05) is 20.8 Å². The maximum atomic E-state index is 12.0. The fraction of sp³-hybridized carbons (Fsp3) is 0.786. The highest BCUT2D eigenvalue weighted by atomic mass is 16.6. The number of nitrogens with one attached hydrogen (secondary N) is 1. The lowest BCUT2D eigenvalue weighted by molar-refractivity contribution is -0.181. The van der Waals surface area contributed by atoms with Gasteiger partial charge >= 0.3 is 5.97 Å². The molecule has 0 radical (unpaired) electrons. The summed E-state index contributed by atoms with van der Waals surface area (Å²) in [5, 5.41) is 3.19.